The maximum Gasteiger partial charge on any atom is 0.435 e. The first-order valence-electron chi connectivity index (χ1n) is 6.65. The van der Waals surface area contributed by atoms with Crippen LogP contribution in [0, 0.1) is 0 Å². The Balaban J connectivity index is 3.10. The number of para-hydroxylation sites is 1. The molecule has 0 aliphatic heterocycles. The number of carbonyl (C=O) groups excluding carboxylic acids is 1. The van der Waals surface area contributed by atoms with Gasteiger partial charge in [-0.2, -0.15) is 5.06 Å². The first-order chi connectivity index (χ1) is 9.84. The van der Waals surface area contributed by atoms with Gasteiger partial charge in [-0.25, -0.2) is 4.79 Å². The van der Waals surface area contributed by atoms with Gasteiger partial charge in [-0.1, -0.05) is 24.3 Å². The van der Waals surface area contributed by atoms with Crippen molar-refractivity contribution in [1.29, 1.82) is 0 Å². The van der Waals surface area contributed by atoms with Crippen molar-refractivity contribution in [3.8, 4) is 5.75 Å². The highest BCUT2D eigenvalue weighted by Crippen LogP contribution is 2.31. The molecule has 1 amide bonds. The Morgan fingerprint density at radius 2 is 1.90 bits per heavy atom. The van der Waals surface area contributed by atoms with Gasteiger partial charge >= 0.3 is 6.09 Å². The third-order valence-electron chi connectivity index (χ3n) is 2.70. The summed E-state index contributed by atoms with van der Waals surface area (Å²) in [4.78, 5) is 17.5. The van der Waals surface area contributed by atoms with Gasteiger partial charge in [0, 0.05) is 5.56 Å². The number of benzene rings is 1. The number of hydrogen-bond donors (Lipinski definition) is 0. The van der Waals surface area contributed by atoms with Crippen molar-refractivity contribution in [2.45, 2.75) is 32.4 Å². The summed E-state index contributed by atoms with van der Waals surface area (Å²) in [5.74, 6) is 0.646. The lowest BCUT2D eigenvalue weighted by Gasteiger charge is -2.30. The lowest BCUT2D eigenvalue weighted by atomic mass is 10.1. The number of carbonyl (C=O) groups is 1. The fraction of sp³-hybridized carbons (Fsp3) is 0.438. The third kappa shape index (κ3) is 4.49. The summed E-state index contributed by atoms with van der Waals surface area (Å²) in [6.07, 6.45) is 1.02. The molecule has 0 fully saturated rings. The fourth-order valence-corrected chi connectivity index (χ4v) is 1.87. The van der Waals surface area contributed by atoms with Crippen molar-refractivity contribution < 1.29 is 19.1 Å². The van der Waals surface area contributed by atoms with Crippen LogP contribution < -0.4 is 4.74 Å². The molecule has 0 aromatic heterocycles. The van der Waals surface area contributed by atoms with E-state index in [2.05, 4.69) is 6.58 Å². The summed E-state index contributed by atoms with van der Waals surface area (Å²) >= 11 is 0. The number of methoxy groups -OCH3 is 1. The van der Waals surface area contributed by atoms with Gasteiger partial charge in [0.15, 0.2) is 0 Å². The van der Waals surface area contributed by atoms with E-state index < -0.39 is 17.7 Å². The van der Waals surface area contributed by atoms with Crippen LogP contribution in [0.25, 0.3) is 0 Å². The van der Waals surface area contributed by atoms with Gasteiger partial charge in [0.1, 0.15) is 17.4 Å². The maximum atomic E-state index is 12.3. The Hall–Kier alpha value is -2.01. The van der Waals surface area contributed by atoms with Crippen molar-refractivity contribution in [2.24, 2.45) is 0 Å². The van der Waals surface area contributed by atoms with Crippen LogP contribution in [0.4, 0.5) is 4.79 Å². The van der Waals surface area contributed by atoms with Crippen LogP contribution in [-0.2, 0) is 9.57 Å². The molecule has 5 nitrogen and oxygen atoms in total. The molecule has 116 valence electrons. The minimum atomic E-state index is -0.611. The van der Waals surface area contributed by atoms with Crippen LogP contribution in [0.2, 0.25) is 0 Å². The molecule has 1 aromatic rings. The molecule has 21 heavy (non-hydrogen) atoms. The molecule has 1 atom stereocenters. The largest absolute Gasteiger partial charge is 0.496 e. The van der Waals surface area contributed by atoms with E-state index in [1.807, 2.05) is 24.3 Å². The van der Waals surface area contributed by atoms with Crippen LogP contribution in [-0.4, -0.2) is 31.0 Å². The molecule has 0 heterocycles. The van der Waals surface area contributed by atoms with E-state index in [4.69, 9.17) is 14.3 Å². The van der Waals surface area contributed by atoms with Crippen molar-refractivity contribution in [3.05, 3.63) is 42.5 Å². The predicted octanol–water partition coefficient (Wildman–Crippen LogP) is 3.72. The van der Waals surface area contributed by atoms with E-state index in [1.54, 1.807) is 34.0 Å². The molecular weight excluding hydrogens is 270 g/mol. The lowest BCUT2D eigenvalue weighted by molar-refractivity contribution is -0.140. The van der Waals surface area contributed by atoms with E-state index >= 15 is 0 Å². The molecule has 0 N–H and O–H groups in total. The average molecular weight is 293 g/mol. The zero-order valence-electron chi connectivity index (χ0n) is 13.3. The molecule has 0 saturated heterocycles. The number of hydrogen-bond acceptors (Lipinski definition) is 4. The predicted molar refractivity (Wildman–Crippen MR) is 81.0 cm³/mol. The summed E-state index contributed by atoms with van der Waals surface area (Å²) < 4.78 is 10.7. The van der Waals surface area contributed by atoms with Crippen LogP contribution in [0.1, 0.15) is 32.4 Å². The Bertz CT molecular complexity index is 493. The van der Waals surface area contributed by atoms with Gasteiger partial charge in [0.25, 0.3) is 0 Å². The number of ether oxygens (including phenoxy) is 2. The minimum absolute atomic E-state index is 0.513. The number of amides is 1. The van der Waals surface area contributed by atoms with E-state index in [9.17, 15) is 4.79 Å². The molecule has 5 heteroatoms. The SMILES string of the molecule is C=C[C@H](c1ccccc1OC)N(OC)C(=O)OC(C)(C)C. The van der Waals surface area contributed by atoms with Crippen molar-refractivity contribution in [1.82, 2.24) is 5.06 Å². The maximum absolute atomic E-state index is 12.3. The molecular formula is C16H23NO4. The average Bonchev–Trinajstić information content (AvgIpc) is 2.42. The first-order valence-corrected chi connectivity index (χ1v) is 6.65. The van der Waals surface area contributed by atoms with Gasteiger partial charge in [0.2, 0.25) is 0 Å². The van der Waals surface area contributed by atoms with Gasteiger partial charge in [-0.15, -0.1) is 6.58 Å². The van der Waals surface area contributed by atoms with Crippen LogP contribution in [0.3, 0.4) is 0 Å². The topological polar surface area (TPSA) is 48.0 Å². The highest BCUT2D eigenvalue weighted by atomic mass is 16.7. The van der Waals surface area contributed by atoms with E-state index in [0.717, 1.165) is 10.6 Å². The van der Waals surface area contributed by atoms with Gasteiger partial charge in [-0.05, 0) is 26.8 Å². The Kier molecular flexibility index (Phi) is 5.79. The van der Waals surface area contributed by atoms with Crippen molar-refractivity contribution in [2.75, 3.05) is 14.2 Å². The molecule has 0 aliphatic rings. The summed E-state index contributed by atoms with van der Waals surface area (Å²) in [6, 6.07) is 6.86. The summed E-state index contributed by atoms with van der Waals surface area (Å²) in [5.41, 5.74) is 0.156. The molecule has 0 saturated carbocycles. The van der Waals surface area contributed by atoms with Crippen LogP contribution in [0.15, 0.2) is 36.9 Å². The number of nitrogens with zero attached hydrogens (tertiary/aromatic N) is 1. The quantitative estimate of drug-likeness (QED) is 0.613. The van der Waals surface area contributed by atoms with E-state index in [-0.39, 0.29) is 0 Å². The summed E-state index contributed by atoms with van der Waals surface area (Å²) in [7, 11) is 2.99. The molecule has 1 aromatic carbocycles. The highest BCUT2D eigenvalue weighted by molar-refractivity contribution is 5.68. The van der Waals surface area contributed by atoms with Crippen molar-refractivity contribution in [3.63, 3.8) is 0 Å². The zero-order chi connectivity index (χ0) is 16.0. The summed E-state index contributed by atoms with van der Waals surface area (Å²) in [6.45, 7) is 9.16. The van der Waals surface area contributed by atoms with E-state index in [0.29, 0.717) is 5.75 Å². The number of hydroxylamine groups is 2. The first kappa shape index (κ1) is 17.0. The van der Waals surface area contributed by atoms with Gasteiger partial charge in [-0.3, -0.25) is 4.84 Å². The Labute approximate surface area is 126 Å². The monoisotopic (exact) mass is 293 g/mol. The smallest absolute Gasteiger partial charge is 0.435 e. The third-order valence-corrected chi connectivity index (χ3v) is 2.70. The molecule has 0 unspecified atom stereocenters. The Morgan fingerprint density at radius 3 is 2.38 bits per heavy atom. The van der Waals surface area contributed by atoms with Crippen LogP contribution >= 0.6 is 0 Å². The van der Waals surface area contributed by atoms with Gasteiger partial charge < -0.3 is 9.47 Å². The minimum Gasteiger partial charge on any atom is -0.496 e. The fourth-order valence-electron chi connectivity index (χ4n) is 1.87. The van der Waals surface area contributed by atoms with Crippen LogP contribution in [0.5, 0.6) is 5.75 Å². The molecule has 0 spiro atoms. The summed E-state index contributed by atoms with van der Waals surface area (Å²) in [5, 5.41) is 1.14. The molecule has 1 rings (SSSR count). The van der Waals surface area contributed by atoms with Gasteiger partial charge in [0.05, 0.1) is 14.2 Å². The molecule has 0 aliphatic carbocycles. The second-order valence-corrected chi connectivity index (χ2v) is 5.41. The molecule has 0 radical (unpaired) electrons. The van der Waals surface area contributed by atoms with E-state index in [1.165, 1.54) is 7.11 Å². The second-order valence-electron chi connectivity index (χ2n) is 5.41. The van der Waals surface area contributed by atoms with Crippen molar-refractivity contribution >= 4 is 6.09 Å². The molecule has 0 bridgehead atoms. The Morgan fingerprint density at radius 1 is 1.29 bits per heavy atom. The zero-order valence-corrected chi connectivity index (χ0v) is 13.3. The second kappa shape index (κ2) is 7.13. The standard InChI is InChI=1S/C16H23NO4/c1-7-13(12-10-8-9-11-14(12)19-5)17(20-6)15(18)21-16(2,3)4/h7-11,13H,1H2,2-6H3/t13-/m1/s1. The number of rotatable bonds is 5. The normalized spacial score (nSPS) is 12.4. The highest BCUT2D eigenvalue weighted by Gasteiger charge is 2.29. The lowest BCUT2D eigenvalue weighted by Crippen LogP contribution is -2.38.